The van der Waals surface area contributed by atoms with Crippen molar-refractivity contribution < 1.29 is 18.8 Å². The van der Waals surface area contributed by atoms with Gasteiger partial charge in [-0.05, 0) is 62.2 Å². The predicted molar refractivity (Wildman–Crippen MR) is 126 cm³/mol. The highest BCUT2D eigenvalue weighted by Gasteiger charge is 2.20. The topological polar surface area (TPSA) is 103 Å². The largest absolute Gasteiger partial charge is 0.372 e. The molecule has 0 spiro atoms. The average Bonchev–Trinajstić information content (AvgIpc) is 2.83. The van der Waals surface area contributed by atoms with Crippen LogP contribution in [0.1, 0.15) is 49.5 Å². The van der Waals surface area contributed by atoms with E-state index in [2.05, 4.69) is 40.2 Å². The molecule has 0 radical (unpaired) electrons. The van der Waals surface area contributed by atoms with E-state index in [1.54, 1.807) is 24.3 Å². The molecule has 2 rings (SSSR count). The highest BCUT2D eigenvalue weighted by Crippen LogP contribution is 2.14. The van der Waals surface area contributed by atoms with Gasteiger partial charge >= 0.3 is 6.03 Å². The number of nitrogens with zero attached hydrogens (tertiary/aromatic N) is 1. The molecule has 33 heavy (non-hydrogen) atoms. The lowest BCUT2D eigenvalue weighted by molar-refractivity contribution is -0.123. The molecule has 9 heteroatoms. The van der Waals surface area contributed by atoms with E-state index in [-0.39, 0.29) is 12.4 Å². The molecule has 0 heterocycles. The van der Waals surface area contributed by atoms with Gasteiger partial charge in [0.2, 0.25) is 0 Å². The molecule has 0 fully saturated rings. The summed E-state index contributed by atoms with van der Waals surface area (Å²) < 4.78 is 13.0. The van der Waals surface area contributed by atoms with Gasteiger partial charge in [-0.15, -0.1) is 0 Å². The summed E-state index contributed by atoms with van der Waals surface area (Å²) >= 11 is 0. The fourth-order valence-electron chi connectivity index (χ4n) is 3.24. The molecule has 4 N–H and O–H groups in total. The average molecular weight is 458 g/mol. The van der Waals surface area contributed by atoms with E-state index in [4.69, 9.17) is 0 Å². The summed E-state index contributed by atoms with van der Waals surface area (Å²) in [5, 5.41) is 5.24. The third-order valence-electron chi connectivity index (χ3n) is 5.12. The van der Waals surface area contributed by atoms with Crippen LogP contribution in [0.5, 0.6) is 0 Å². The van der Waals surface area contributed by atoms with Gasteiger partial charge in [-0.3, -0.25) is 20.4 Å². The number of hydrogen-bond acceptors (Lipinski definition) is 4. The molecule has 1 unspecified atom stereocenters. The van der Waals surface area contributed by atoms with E-state index < -0.39 is 23.9 Å². The van der Waals surface area contributed by atoms with Gasteiger partial charge in [0.1, 0.15) is 11.9 Å². The van der Waals surface area contributed by atoms with Gasteiger partial charge in [-0.2, -0.15) is 0 Å². The van der Waals surface area contributed by atoms with E-state index in [1.807, 2.05) is 19.1 Å². The minimum Gasteiger partial charge on any atom is -0.372 e. The summed E-state index contributed by atoms with van der Waals surface area (Å²) in [6.07, 6.45) is 1.04. The molecule has 0 saturated carbocycles. The second-order valence-electron chi connectivity index (χ2n) is 7.46. The second kappa shape index (κ2) is 13.0. The molecule has 0 aromatic heterocycles. The molecule has 0 bridgehead atoms. The summed E-state index contributed by atoms with van der Waals surface area (Å²) in [5.74, 6) is -1.34. The van der Waals surface area contributed by atoms with E-state index in [0.717, 1.165) is 24.3 Å². The summed E-state index contributed by atoms with van der Waals surface area (Å²) in [7, 11) is 0. The number of halogens is 1. The number of carbonyl (C=O) groups excluding carboxylic acids is 3. The maximum Gasteiger partial charge on any atom is 0.315 e. The SMILES string of the molecule is CCCC(NC(=O)NCc1ccc(F)cc1)C(=O)NNC(=O)c1ccc(N(CC)CC)cc1. The molecule has 0 saturated heterocycles. The zero-order valence-corrected chi connectivity index (χ0v) is 19.3. The number of rotatable bonds is 10. The van der Waals surface area contributed by atoms with Gasteiger partial charge in [-0.25, -0.2) is 9.18 Å². The molecular formula is C24H32FN5O3. The minimum absolute atomic E-state index is 0.187. The van der Waals surface area contributed by atoms with Crippen LogP contribution >= 0.6 is 0 Å². The first-order chi connectivity index (χ1) is 15.9. The van der Waals surface area contributed by atoms with Crippen molar-refractivity contribution in [1.82, 2.24) is 21.5 Å². The lowest BCUT2D eigenvalue weighted by Gasteiger charge is -2.21. The molecule has 178 valence electrons. The van der Waals surface area contributed by atoms with Crippen molar-refractivity contribution in [3.05, 3.63) is 65.5 Å². The second-order valence-corrected chi connectivity index (χ2v) is 7.46. The van der Waals surface area contributed by atoms with E-state index in [9.17, 15) is 18.8 Å². The van der Waals surface area contributed by atoms with Crippen molar-refractivity contribution in [1.29, 1.82) is 0 Å². The van der Waals surface area contributed by atoms with Crippen molar-refractivity contribution in [3.8, 4) is 0 Å². The smallest absolute Gasteiger partial charge is 0.315 e. The molecular weight excluding hydrogens is 425 g/mol. The number of hydrazine groups is 1. The predicted octanol–water partition coefficient (Wildman–Crippen LogP) is 3.10. The standard InChI is InChI=1S/C24H32FN5O3/c1-4-7-21(27-24(33)26-16-17-8-12-19(25)13-9-17)23(32)29-28-22(31)18-10-14-20(15-11-18)30(5-2)6-3/h8-15,21H,4-7,16H2,1-3H3,(H,28,31)(H,29,32)(H2,26,27,33). The monoisotopic (exact) mass is 457 g/mol. The van der Waals surface area contributed by atoms with Crippen LogP contribution in [-0.4, -0.2) is 37.0 Å². The number of anilines is 1. The number of carbonyl (C=O) groups is 3. The quantitative estimate of drug-likeness (QED) is 0.412. The molecule has 8 nitrogen and oxygen atoms in total. The van der Waals surface area contributed by atoms with Gasteiger partial charge in [0, 0.05) is 30.9 Å². The Morgan fingerprint density at radius 3 is 2.12 bits per heavy atom. The third kappa shape index (κ3) is 8.10. The first-order valence-corrected chi connectivity index (χ1v) is 11.1. The van der Waals surface area contributed by atoms with Crippen molar-refractivity contribution in [2.75, 3.05) is 18.0 Å². The van der Waals surface area contributed by atoms with Gasteiger partial charge in [0.25, 0.3) is 11.8 Å². The van der Waals surface area contributed by atoms with Crippen molar-refractivity contribution >= 4 is 23.5 Å². The Kier molecular flexibility index (Phi) is 10.1. The van der Waals surface area contributed by atoms with E-state index in [1.165, 1.54) is 12.1 Å². The van der Waals surface area contributed by atoms with Crippen LogP contribution in [0.2, 0.25) is 0 Å². The fourth-order valence-corrected chi connectivity index (χ4v) is 3.24. The zero-order valence-electron chi connectivity index (χ0n) is 19.3. The first kappa shape index (κ1) is 25.6. The maximum absolute atomic E-state index is 13.0. The van der Waals surface area contributed by atoms with Crippen LogP contribution in [0.25, 0.3) is 0 Å². The number of hydrogen-bond donors (Lipinski definition) is 4. The Balaban J connectivity index is 1.86. The number of urea groups is 1. The molecule has 0 aliphatic heterocycles. The van der Waals surface area contributed by atoms with Gasteiger partial charge in [0.15, 0.2) is 0 Å². The Morgan fingerprint density at radius 2 is 1.55 bits per heavy atom. The van der Waals surface area contributed by atoms with Crippen LogP contribution in [0.3, 0.4) is 0 Å². The van der Waals surface area contributed by atoms with Crippen molar-refractivity contribution in [3.63, 3.8) is 0 Å². The highest BCUT2D eigenvalue weighted by molar-refractivity contribution is 5.96. The molecule has 0 aliphatic rings. The van der Waals surface area contributed by atoms with Crippen molar-refractivity contribution in [2.24, 2.45) is 0 Å². The van der Waals surface area contributed by atoms with Gasteiger partial charge < -0.3 is 15.5 Å². The van der Waals surface area contributed by atoms with Crippen LogP contribution in [0.4, 0.5) is 14.9 Å². The van der Waals surface area contributed by atoms with E-state index in [0.29, 0.717) is 18.4 Å². The maximum atomic E-state index is 13.0. The molecule has 2 aromatic rings. The summed E-state index contributed by atoms with van der Waals surface area (Å²) in [6.45, 7) is 7.91. The molecule has 2 aromatic carbocycles. The zero-order chi connectivity index (χ0) is 24.2. The summed E-state index contributed by atoms with van der Waals surface area (Å²) in [5.41, 5.74) is 6.91. The van der Waals surface area contributed by atoms with Crippen LogP contribution in [0.15, 0.2) is 48.5 Å². The number of nitrogens with one attached hydrogen (secondary N) is 4. The summed E-state index contributed by atoms with van der Waals surface area (Å²) in [4.78, 5) is 39.3. The van der Waals surface area contributed by atoms with Gasteiger partial charge in [-0.1, -0.05) is 25.5 Å². The first-order valence-electron chi connectivity index (χ1n) is 11.1. The Bertz CT molecular complexity index is 915. The fraction of sp³-hybridized carbons (Fsp3) is 0.375. The van der Waals surface area contributed by atoms with Crippen molar-refractivity contribution in [2.45, 2.75) is 46.2 Å². The third-order valence-corrected chi connectivity index (χ3v) is 5.12. The van der Waals surface area contributed by atoms with Crippen LogP contribution in [-0.2, 0) is 11.3 Å². The molecule has 4 amide bonds. The minimum atomic E-state index is -0.825. The Morgan fingerprint density at radius 1 is 0.909 bits per heavy atom. The van der Waals surface area contributed by atoms with E-state index >= 15 is 0 Å². The molecule has 1 atom stereocenters. The molecule has 0 aliphatic carbocycles. The van der Waals surface area contributed by atoms with Crippen LogP contribution in [0, 0.1) is 5.82 Å². The normalized spacial score (nSPS) is 11.3. The lowest BCUT2D eigenvalue weighted by atomic mass is 10.1. The highest BCUT2D eigenvalue weighted by atomic mass is 19.1. The number of benzene rings is 2. The Hall–Kier alpha value is -3.62. The Labute approximate surface area is 193 Å². The lowest BCUT2D eigenvalue weighted by Crippen LogP contribution is -2.54. The summed E-state index contributed by atoms with van der Waals surface area (Å²) in [6, 6.07) is 11.5. The van der Waals surface area contributed by atoms with Crippen LogP contribution < -0.4 is 26.4 Å². The number of amides is 4. The van der Waals surface area contributed by atoms with Gasteiger partial charge in [0.05, 0.1) is 0 Å².